The highest BCUT2D eigenvalue weighted by Gasteiger charge is 2.49. The first-order valence-corrected chi connectivity index (χ1v) is 12.6. The highest BCUT2D eigenvalue weighted by molar-refractivity contribution is 7.88. The van der Waals surface area contributed by atoms with Gasteiger partial charge in [0.2, 0.25) is 21.8 Å². The molecule has 184 valence electrons. The third kappa shape index (κ3) is 5.34. The van der Waals surface area contributed by atoms with Crippen LogP contribution in [0.3, 0.4) is 0 Å². The molecule has 3 rings (SSSR count). The highest BCUT2D eigenvalue weighted by Crippen LogP contribution is 2.34. The van der Waals surface area contributed by atoms with Crippen LogP contribution >= 0.6 is 0 Å². The maximum Gasteiger partial charge on any atom is 0.247 e. The summed E-state index contributed by atoms with van der Waals surface area (Å²) in [6, 6.07) is 13.0. The number of amides is 2. The molecular weight excluding hydrogens is 458 g/mol. The van der Waals surface area contributed by atoms with Crippen molar-refractivity contribution < 1.29 is 27.5 Å². The quantitative estimate of drug-likeness (QED) is 0.605. The van der Waals surface area contributed by atoms with E-state index in [1.54, 1.807) is 25.1 Å². The molecule has 0 aliphatic carbocycles. The zero-order chi connectivity index (χ0) is 25.1. The molecule has 1 saturated heterocycles. The molecule has 2 aromatic rings. The van der Waals surface area contributed by atoms with E-state index in [-0.39, 0.29) is 26.2 Å². The predicted molar refractivity (Wildman–Crippen MR) is 128 cm³/mol. The topological polar surface area (TPSA) is 105 Å². The Morgan fingerprint density at radius 3 is 2.38 bits per heavy atom. The number of nitrogens with zero attached hydrogens (tertiary/aromatic N) is 2. The van der Waals surface area contributed by atoms with Crippen molar-refractivity contribution in [3.63, 3.8) is 0 Å². The Morgan fingerprint density at radius 2 is 1.79 bits per heavy atom. The molecule has 1 N–H and O–H groups in total. The van der Waals surface area contributed by atoms with Crippen molar-refractivity contribution >= 4 is 21.8 Å². The molecule has 0 aromatic heterocycles. The van der Waals surface area contributed by atoms with Crippen LogP contribution in [0, 0.1) is 6.92 Å². The van der Waals surface area contributed by atoms with E-state index < -0.39 is 27.4 Å². The van der Waals surface area contributed by atoms with Gasteiger partial charge in [0.25, 0.3) is 0 Å². The van der Waals surface area contributed by atoms with Crippen LogP contribution in [-0.2, 0) is 32.7 Å². The number of sulfonamides is 1. The molecule has 1 aliphatic heterocycles. The Bertz CT molecular complexity index is 1170. The third-order valence-corrected chi connectivity index (χ3v) is 7.23. The summed E-state index contributed by atoms with van der Waals surface area (Å²) in [7, 11) is -0.681. The van der Waals surface area contributed by atoms with Gasteiger partial charge in [-0.3, -0.25) is 9.59 Å². The Hall–Kier alpha value is -3.11. The number of carbonyl (C=O) groups excluding carboxylic acids is 2. The summed E-state index contributed by atoms with van der Waals surface area (Å²) >= 11 is 0. The minimum absolute atomic E-state index is 0.0469. The lowest BCUT2D eigenvalue weighted by Crippen LogP contribution is -2.69. The number of hydrogen-bond acceptors (Lipinski definition) is 6. The van der Waals surface area contributed by atoms with Crippen LogP contribution in [0.2, 0.25) is 0 Å². The van der Waals surface area contributed by atoms with Crippen molar-refractivity contribution in [3.8, 4) is 11.5 Å². The van der Waals surface area contributed by atoms with Gasteiger partial charge < -0.3 is 19.7 Å². The average molecular weight is 490 g/mol. The molecule has 2 amide bonds. The van der Waals surface area contributed by atoms with Gasteiger partial charge in [0.1, 0.15) is 5.54 Å². The third-order valence-electron chi connectivity index (χ3n) is 6.04. The zero-order valence-corrected chi connectivity index (χ0v) is 20.9. The second-order valence-electron chi connectivity index (χ2n) is 8.61. The van der Waals surface area contributed by atoms with E-state index in [4.69, 9.17) is 9.47 Å². The van der Waals surface area contributed by atoms with Crippen LogP contribution in [0.4, 0.5) is 0 Å². The summed E-state index contributed by atoms with van der Waals surface area (Å²) in [4.78, 5) is 28.1. The Balaban J connectivity index is 1.94. The number of nitrogens with one attached hydrogen (secondary N) is 1. The van der Waals surface area contributed by atoms with Crippen LogP contribution in [0.5, 0.6) is 11.5 Å². The van der Waals surface area contributed by atoms with E-state index in [1.165, 1.54) is 19.1 Å². The van der Waals surface area contributed by atoms with Gasteiger partial charge in [0, 0.05) is 18.7 Å². The minimum Gasteiger partial charge on any atom is -0.493 e. The largest absolute Gasteiger partial charge is 0.493 e. The number of ether oxygens (including phenoxy) is 2. The van der Waals surface area contributed by atoms with Gasteiger partial charge in [-0.15, -0.1) is 0 Å². The van der Waals surface area contributed by atoms with Gasteiger partial charge in [-0.2, -0.15) is 4.31 Å². The second kappa shape index (κ2) is 10.0. The second-order valence-corrected chi connectivity index (χ2v) is 10.6. The number of methoxy groups -OCH3 is 2. The van der Waals surface area contributed by atoms with Gasteiger partial charge in [-0.1, -0.05) is 42.0 Å². The van der Waals surface area contributed by atoms with E-state index in [2.05, 4.69) is 5.32 Å². The molecule has 1 fully saturated rings. The number of para-hydroxylation sites is 1. The van der Waals surface area contributed by atoms with E-state index in [0.29, 0.717) is 17.1 Å². The van der Waals surface area contributed by atoms with Gasteiger partial charge in [-0.25, -0.2) is 8.42 Å². The summed E-state index contributed by atoms with van der Waals surface area (Å²) in [6.07, 6.45) is 1.03. The maximum atomic E-state index is 13.5. The number of hydrogen-bond donors (Lipinski definition) is 1. The summed E-state index contributed by atoms with van der Waals surface area (Å²) < 4.78 is 36.5. The Kier molecular flexibility index (Phi) is 7.52. The van der Waals surface area contributed by atoms with E-state index in [0.717, 1.165) is 21.7 Å². The first-order valence-electron chi connectivity index (χ1n) is 10.8. The molecule has 1 aliphatic rings. The van der Waals surface area contributed by atoms with Crippen molar-refractivity contribution in [2.75, 3.05) is 33.6 Å². The fourth-order valence-corrected chi connectivity index (χ4v) is 4.85. The lowest BCUT2D eigenvalue weighted by molar-refractivity contribution is -0.153. The molecule has 2 aromatic carbocycles. The van der Waals surface area contributed by atoms with E-state index >= 15 is 0 Å². The molecule has 0 radical (unpaired) electrons. The number of rotatable bonds is 8. The summed E-state index contributed by atoms with van der Waals surface area (Å²) in [6.45, 7) is 3.35. The van der Waals surface area contributed by atoms with Crippen LogP contribution in [0.25, 0.3) is 0 Å². The van der Waals surface area contributed by atoms with Gasteiger partial charge >= 0.3 is 0 Å². The number of carbonyl (C=O) groups is 2. The fourth-order valence-electron chi connectivity index (χ4n) is 4.01. The lowest BCUT2D eigenvalue weighted by Gasteiger charge is -2.46. The molecule has 0 saturated carbocycles. The molecule has 0 bridgehead atoms. The first kappa shape index (κ1) is 25.5. The predicted octanol–water partition coefficient (Wildman–Crippen LogP) is 1.69. The van der Waals surface area contributed by atoms with Crippen LogP contribution < -0.4 is 14.8 Å². The standard InChI is InChI=1S/C24H31N3O6S/c1-17-9-11-18(12-10-17)13-25-23(29)24(2)16-26(34(5,30)31)15-21(28)27(24)14-19-7-6-8-20(32-3)22(19)33-4/h6-12H,13-16H2,1-5H3,(H,25,29)/t24-/m0/s1. The van der Waals surface area contributed by atoms with Crippen LogP contribution in [0.1, 0.15) is 23.6 Å². The summed E-state index contributed by atoms with van der Waals surface area (Å²) in [5.41, 5.74) is 1.19. The molecule has 1 atom stereocenters. The van der Waals surface area contributed by atoms with Gasteiger partial charge in [-0.05, 0) is 25.5 Å². The molecule has 9 nitrogen and oxygen atoms in total. The van der Waals surface area contributed by atoms with Crippen LogP contribution in [0.15, 0.2) is 42.5 Å². The average Bonchev–Trinajstić information content (AvgIpc) is 2.79. The van der Waals surface area contributed by atoms with Crippen molar-refractivity contribution in [2.45, 2.75) is 32.5 Å². The fraction of sp³-hybridized carbons (Fsp3) is 0.417. The Morgan fingerprint density at radius 1 is 1.12 bits per heavy atom. The van der Waals surface area contributed by atoms with E-state index in [9.17, 15) is 18.0 Å². The molecule has 10 heteroatoms. The van der Waals surface area contributed by atoms with Crippen molar-refractivity contribution in [2.24, 2.45) is 0 Å². The molecule has 34 heavy (non-hydrogen) atoms. The SMILES string of the molecule is COc1cccc(CN2C(=O)CN(S(C)(=O)=O)C[C@@]2(C)C(=O)NCc2ccc(C)cc2)c1OC. The van der Waals surface area contributed by atoms with Gasteiger partial charge in [0.05, 0.1) is 33.6 Å². The normalized spacial score (nSPS) is 19.1. The summed E-state index contributed by atoms with van der Waals surface area (Å²) in [5, 5.41) is 2.88. The number of piperazine rings is 1. The minimum atomic E-state index is -3.69. The monoisotopic (exact) mass is 489 g/mol. The Labute approximate surface area is 200 Å². The zero-order valence-electron chi connectivity index (χ0n) is 20.1. The highest BCUT2D eigenvalue weighted by atomic mass is 32.2. The smallest absolute Gasteiger partial charge is 0.247 e. The van der Waals surface area contributed by atoms with E-state index in [1.807, 2.05) is 31.2 Å². The molecule has 0 unspecified atom stereocenters. The first-order chi connectivity index (χ1) is 16.0. The number of aryl methyl sites for hydroxylation is 1. The van der Waals surface area contributed by atoms with Crippen molar-refractivity contribution in [1.82, 2.24) is 14.5 Å². The molecular formula is C24H31N3O6S. The van der Waals surface area contributed by atoms with Crippen molar-refractivity contribution in [3.05, 3.63) is 59.2 Å². The molecule has 1 heterocycles. The van der Waals surface area contributed by atoms with Crippen molar-refractivity contribution in [1.29, 1.82) is 0 Å². The molecule has 0 spiro atoms. The van der Waals surface area contributed by atoms with Gasteiger partial charge in [0.15, 0.2) is 11.5 Å². The number of benzene rings is 2. The van der Waals surface area contributed by atoms with Crippen LogP contribution in [-0.4, -0.2) is 68.5 Å². The lowest BCUT2D eigenvalue weighted by atomic mass is 9.94. The summed E-state index contributed by atoms with van der Waals surface area (Å²) in [5.74, 6) is 0.0182. The maximum absolute atomic E-state index is 13.5.